The van der Waals surface area contributed by atoms with E-state index in [2.05, 4.69) is 5.16 Å². The summed E-state index contributed by atoms with van der Waals surface area (Å²) in [6.45, 7) is 2.42. The van der Waals surface area contributed by atoms with Gasteiger partial charge in [0.15, 0.2) is 6.10 Å². The Bertz CT molecular complexity index is 1130. The van der Waals surface area contributed by atoms with Crippen molar-refractivity contribution in [1.82, 2.24) is 4.90 Å². The van der Waals surface area contributed by atoms with Gasteiger partial charge in [0, 0.05) is 24.1 Å². The Kier molecular flexibility index (Phi) is 6.07. The van der Waals surface area contributed by atoms with E-state index in [4.69, 9.17) is 4.84 Å². The smallest absolute Gasteiger partial charge is 0.254 e. The van der Waals surface area contributed by atoms with Crippen molar-refractivity contribution < 1.29 is 18.4 Å². The number of carbonyl (C=O) groups is 1. The van der Waals surface area contributed by atoms with Crippen molar-refractivity contribution >= 4 is 11.6 Å². The highest BCUT2D eigenvalue weighted by Gasteiger charge is 2.28. The molecule has 0 fully saturated rings. The lowest BCUT2D eigenvalue weighted by Gasteiger charge is -2.25. The van der Waals surface area contributed by atoms with Gasteiger partial charge in [-0.1, -0.05) is 47.6 Å². The first-order valence-electron chi connectivity index (χ1n) is 10.1. The van der Waals surface area contributed by atoms with Gasteiger partial charge in [-0.05, 0) is 48.4 Å². The van der Waals surface area contributed by atoms with Crippen LogP contribution in [0.15, 0.2) is 78.0 Å². The Balaban J connectivity index is 1.53. The van der Waals surface area contributed by atoms with Crippen LogP contribution in [0.1, 0.15) is 33.5 Å². The highest BCUT2D eigenvalue weighted by Crippen LogP contribution is 2.22. The molecule has 0 spiro atoms. The summed E-state index contributed by atoms with van der Waals surface area (Å²) < 4.78 is 27.4. The number of rotatable bonds is 6. The molecule has 0 aromatic heterocycles. The van der Waals surface area contributed by atoms with Gasteiger partial charge in [-0.15, -0.1) is 0 Å². The second-order valence-corrected chi connectivity index (χ2v) is 7.61. The number of oxime groups is 1. The Morgan fingerprint density at radius 1 is 1.03 bits per heavy atom. The van der Waals surface area contributed by atoms with Gasteiger partial charge in [0.05, 0.1) is 12.3 Å². The molecule has 31 heavy (non-hydrogen) atoms. The SMILES string of the molecule is Cc1ccccc1C1=NO[C@@H](CN(Cc2cccc(F)c2)C(=O)c2cccc(F)c2)C1. The maximum Gasteiger partial charge on any atom is 0.254 e. The minimum Gasteiger partial charge on any atom is -0.390 e. The summed E-state index contributed by atoms with van der Waals surface area (Å²) in [7, 11) is 0. The molecule has 3 aromatic rings. The fourth-order valence-electron chi connectivity index (χ4n) is 3.71. The normalized spacial score (nSPS) is 15.3. The lowest BCUT2D eigenvalue weighted by Crippen LogP contribution is -2.37. The first-order valence-corrected chi connectivity index (χ1v) is 10.1. The predicted octanol–water partition coefficient (Wildman–Crippen LogP) is 5.11. The molecule has 1 aliphatic heterocycles. The largest absolute Gasteiger partial charge is 0.390 e. The molecular weight excluding hydrogens is 398 g/mol. The molecule has 4 rings (SSSR count). The van der Waals surface area contributed by atoms with Crippen LogP contribution in [0.4, 0.5) is 8.78 Å². The zero-order valence-corrected chi connectivity index (χ0v) is 17.1. The Morgan fingerprint density at radius 2 is 1.77 bits per heavy atom. The number of benzene rings is 3. The van der Waals surface area contributed by atoms with E-state index in [0.29, 0.717) is 12.0 Å². The molecule has 0 N–H and O–H groups in total. The molecule has 1 aliphatic rings. The lowest BCUT2D eigenvalue weighted by atomic mass is 10.00. The number of hydrogen-bond acceptors (Lipinski definition) is 3. The summed E-state index contributed by atoms with van der Waals surface area (Å²) in [6.07, 6.45) is 0.196. The van der Waals surface area contributed by atoms with E-state index in [1.165, 1.54) is 30.3 Å². The predicted molar refractivity (Wildman–Crippen MR) is 115 cm³/mol. The van der Waals surface area contributed by atoms with Crippen molar-refractivity contribution in [2.75, 3.05) is 6.54 Å². The van der Waals surface area contributed by atoms with E-state index >= 15 is 0 Å². The molecule has 1 atom stereocenters. The van der Waals surface area contributed by atoms with E-state index in [-0.39, 0.29) is 36.5 Å². The first-order chi connectivity index (χ1) is 15.0. The number of halogens is 2. The van der Waals surface area contributed by atoms with Crippen molar-refractivity contribution in [3.8, 4) is 0 Å². The first kappa shape index (κ1) is 20.7. The van der Waals surface area contributed by atoms with Crippen LogP contribution >= 0.6 is 0 Å². The fourth-order valence-corrected chi connectivity index (χ4v) is 3.71. The standard InChI is InChI=1S/C25H22F2N2O2/c1-17-6-2-3-11-23(17)24-14-22(31-28-24)16-29(15-18-7-4-9-20(26)12-18)25(30)19-8-5-10-21(27)13-19/h2-13,22H,14-16H2,1H3/t22-/m1/s1. The van der Waals surface area contributed by atoms with Gasteiger partial charge in [0.25, 0.3) is 5.91 Å². The van der Waals surface area contributed by atoms with E-state index in [0.717, 1.165) is 16.8 Å². The van der Waals surface area contributed by atoms with Crippen LogP contribution < -0.4 is 0 Å². The second kappa shape index (κ2) is 9.08. The van der Waals surface area contributed by atoms with Crippen LogP contribution in [0.25, 0.3) is 0 Å². The minimum absolute atomic E-state index is 0.173. The van der Waals surface area contributed by atoms with E-state index < -0.39 is 5.82 Å². The zero-order chi connectivity index (χ0) is 21.8. The summed E-state index contributed by atoms with van der Waals surface area (Å²) in [4.78, 5) is 20.3. The summed E-state index contributed by atoms with van der Waals surface area (Å²) >= 11 is 0. The monoisotopic (exact) mass is 420 g/mol. The maximum atomic E-state index is 13.7. The number of carbonyl (C=O) groups excluding carboxylic acids is 1. The molecular formula is C25H22F2N2O2. The van der Waals surface area contributed by atoms with Crippen LogP contribution in [0.5, 0.6) is 0 Å². The lowest BCUT2D eigenvalue weighted by molar-refractivity contribution is 0.0404. The van der Waals surface area contributed by atoms with Gasteiger partial charge in [-0.3, -0.25) is 4.79 Å². The van der Waals surface area contributed by atoms with Crippen LogP contribution in [0.3, 0.4) is 0 Å². The minimum atomic E-state index is -0.487. The maximum absolute atomic E-state index is 13.7. The van der Waals surface area contributed by atoms with E-state index in [1.807, 2.05) is 31.2 Å². The highest BCUT2D eigenvalue weighted by molar-refractivity contribution is 6.02. The van der Waals surface area contributed by atoms with Gasteiger partial charge >= 0.3 is 0 Å². The van der Waals surface area contributed by atoms with Gasteiger partial charge in [0.1, 0.15) is 11.6 Å². The van der Waals surface area contributed by atoms with Crippen LogP contribution in [0.2, 0.25) is 0 Å². The molecule has 0 bridgehead atoms. The highest BCUT2D eigenvalue weighted by atomic mass is 19.1. The summed E-state index contributed by atoms with van der Waals surface area (Å²) in [6, 6.07) is 19.5. The molecule has 6 heteroatoms. The van der Waals surface area contributed by atoms with E-state index in [1.54, 1.807) is 23.1 Å². The van der Waals surface area contributed by atoms with Gasteiger partial charge < -0.3 is 9.74 Å². The van der Waals surface area contributed by atoms with E-state index in [9.17, 15) is 13.6 Å². The molecule has 1 amide bonds. The third-order valence-electron chi connectivity index (χ3n) is 5.23. The van der Waals surface area contributed by atoms with Crippen molar-refractivity contribution in [1.29, 1.82) is 0 Å². The quantitative estimate of drug-likeness (QED) is 0.556. The molecule has 0 saturated heterocycles. The van der Waals surface area contributed by atoms with Crippen LogP contribution in [0, 0.1) is 18.6 Å². The number of aryl methyl sites for hydroxylation is 1. The van der Waals surface area contributed by atoms with Crippen LogP contribution in [-0.4, -0.2) is 29.2 Å². The molecule has 1 heterocycles. The van der Waals surface area contributed by atoms with Crippen molar-refractivity contribution in [2.45, 2.75) is 26.0 Å². The number of nitrogens with zero attached hydrogens (tertiary/aromatic N) is 2. The number of amides is 1. The Labute approximate surface area is 179 Å². The van der Waals surface area contributed by atoms with Crippen molar-refractivity contribution in [3.63, 3.8) is 0 Å². The Morgan fingerprint density at radius 3 is 2.52 bits per heavy atom. The molecule has 0 aliphatic carbocycles. The Hall–Kier alpha value is -3.54. The molecule has 0 unspecified atom stereocenters. The summed E-state index contributed by atoms with van der Waals surface area (Å²) in [5, 5.41) is 4.23. The van der Waals surface area contributed by atoms with Crippen molar-refractivity contribution in [2.24, 2.45) is 5.16 Å². The molecule has 0 saturated carbocycles. The summed E-state index contributed by atoms with van der Waals surface area (Å²) in [5.74, 6) is -1.21. The number of hydrogen-bond donors (Lipinski definition) is 0. The van der Waals surface area contributed by atoms with Crippen molar-refractivity contribution in [3.05, 3.63) is 107 Å². The topological polar surface area (TPSA) is 41.9 Å². The van der Waals surface area contributed by atoms with Gasteiger partial charge in [-0.2, -0.15) is 0 Å². The average Bonchev–Trinajstić information content (AvgIpc) is 3.21. The van der Waals surface area contributed by atoms with Crippen LogP contribution in [-0.2, 0) is 11.4 Å². The zero-order valence-electron chi connectivity index (χ0n) is 17.1. The molecule has 4 nitrogen and oxygen atoms in total. The average molecular weight is 420 g/mol. The second-order valence-electron chi connectivity index (χ2n) is 7.61. The fraction of sp³-hybridized carbons (Fsp3) is 0.200. The molecule has 3 aromatic carbocycles. The molecule has 0 radical (unpaired) electrons. The molecule has 158 valence electrons. The third-order valence-corrected chi connectivity index (χ3v) is 5.23. The summed E-state index contributed by atoms with van der Waals surface area (Å²) in [5.41, 5.74) is 3.81. The third kappa shape index (κ3) is 4.97. The van der Waals surface area contributed by atoms with Gasteiger partial charge in [0.2, 0.25) is 0 Å². The van der Waals surface area contributed by atoms with Gasteiger partial charge in [-0.25, -0.2) is 8.78 Å².